The molecule has 1 rings (SSSR count). The predicted molar refractivity (Wildman–Crippen MR) is 71.2 cm³/mol. The van der Waals surface area contributed by atoms with Gasteiger partial charge in [-0.15, -0.1) is 0 Å². The summed E-state index contributed by atoms with van der Waals surface area (Å²) in [5, 5.41) is 0. The average Bonchev–Trinajstić information content (AvgIpc) is 2.14. The Bertz CT molecular complexity index is 328. The van der Waals surface area contributed by atoms with Crippen molar-refractivity contribution in [2.45, 2.75) is 19.4 Å². The highest BCUT2D eigenvalue weighted by Gasteiger charge is 2.08. The first-order valence-electron chi connectivity index (χ1n) is 4.78. The summed E-state index contributed by atoms with van der Waals surface area (Å²) >= 11 is 6.87. The molecule has 0 aliphatic heterocycles. The first-order chi connectivity index (χ1) is 7.00. The number of anilines is 1. The number of aromatic nitrogens is 1. The summed E-state index contributed by atoms with van der Waals surface area (Å²) in [7, 11) is 2.02. The van der Waals surface area contributed by atoms with E-state index in [-0.39, 0.29) is 6.04 Å². The van der Waals surface area contributed by atoms with E-state index in [0.29, 0.717) is 0 Å². The smallest absolute Gasteiger partial charge is 0.142 e. The SMILES string of the molecule is CC(N)CCN(C)c1ncc(Br)cc1Br. The molecule has 0 radical (unpaired) electrons. The molecule has 0 saturated heterocycles. The van der Waals surface area contributed by atoms with Crippen LogP contribution in [0.4, 0.5) is 5.82 Å². The summed E-state index contributed by atoms with van der Waals surface area (Å²) in [4.78, 5) is 6.44. The summed E-state index contributed by atoms with van der Waals surface area (Å²) in [6.07, 6.45) is 2.75. The third-order valence-electron chi connectivity index (χ3n) is 2.07. The fourth-order valence-electron chi connectivity index (χ4n) is 1.19. The summed E-state index contributed by atoms with van der Waals surface area (Å²) in [5.41, 5.74) is 5.71. The van der Waals surface area contributed by atoms with Crippen LogP contribution in [-0.2, 0) is 0 Å². The van der Waals surface area contributed by atoms with E-state index in [1.807, 2.05) is 20.0 Å². The van der Waals surface area contributed by atoms with E-state index in [0.717, 1.165) is 27.7 Å². The van der Waals surface area contributed by atoms with E-state index in [2.05, 4.69) is 41.7 Å². The molecule has 0 saturated carbocycles. The molecule has 0 aliphatic rings. The Hall–Kier alpha value is -0.130. The van der Waals surface area contributed by atoms with Gasteiger partial charge in [0.1, 0.15) is 5.82 Å². The van der Waals surface area contributed by atoms with Gasteiger partial charge >= 0.3 is 0 Å². The van der Waals surface area contributed by atoms with Crippen molar-refractivity contribution >= 4 is 37.7 Å². The average molecular weight is 337 g/mol. The van der Waals surface area contributed by atoms with Crippen LogP contribution >= 0.6 is 31.9 Å². The molecule has 2 N–H and O–H groups in total. The molecule has 1 aromatic rings. The maximum atomic E-state index is 5.71. The number of rotatable bonds is 4. The van der Waals surface area contributed by atoms with Crippen LogP contribution in [0.15, 0.2) is 21.2 Å². The highest BCUT2D eigenvalue weighted by molar-refractivity contribution is 9.11. The minimum atomic E-state index is 0.224. The largest absolute Gasteiger partial charge is 0.359 e. The van der Waals surface area contributed by atoms with Crippen LogP contribution in [-0.4, -0.2) is 24.6 Å². The molecule has 3 nitrogen and oxygen atoms in total. The Balaban J connectivity index is 2.69. The molecule has 0 spiro atoms. The van der Waals surface area contributed by atoms with Crippen LogP contribution in [0.1, 0.15) is 13.3 Å². The highest BCUT2D eigenvalue weighted by Crippen LogP contribution is 2.25. The van der Waals surface area contributed by atoms with Gasteiger partial charge in [0.2, 0.25) is 0 Å². The summed E-state index contributed by atoms with van der Waals surface area (Å²) < 4.78 is 1.96. The molecular formula is C10H15Br2N3. The minimum Gasteiger partial charge on any atom is -0.359 e. The zero-order valence-electron chi connectivity index (χ0n) is 8.87. The van der Waals surface area contributed by atoms with Crippen LogP contribution in [0.3, 0.4) is 0 Å². The van der Waals surface area contributed by atoms with Gasteiger partial charge in [0.05, 0.1) is 4.47 Å². The van der Waals surface area contributed by atoms with Crippen molar-refractivity contribution in [2.75, 3.05) is 18.5 Å². The van der Waals surface area contributed by atoms with Gasteiger partial charge in [-0.1, -0.05) is 0 Å². The van der Waals surface area contributed by atoms with Crippen molar-refractivity contribution in [1.82, 2.24) is 4.98 Å². The van der Waals surface area contributed by atoms with E-state index < -0.39 is 0 Å². The number of pyridine rings is 1. The minimum absolute atomic E-state index is 0.224. The Kier molecular flexibility index (Phi) is 5.02. The normalized spacial score (nSPS) is 12.6. The Morgan fingerprint density at radius 1 is 1.53 bits per heavy atom. The molecule has 15 heavy (non-hydrogen) atoms. The molecule has 1 unspecified atom stereocenters. The van der Waals surface area contributed by atoms with Gasteiger partial charge in [-0.3, -0.25) is 0 Å². The van der Waals surface area contributed by atoms with Gasteiger partial charge in [-0.25, -0.2) is 4.98 Å². The Labute approximate surface area is 107 Å². The number of nitrogens with two attached hydrogens (primary N) is 1. The maximum Gasteiger partial charge on any atom is 0.142 e. The molecule has 0 aliphatic carbocycles. The topological polar surface area (TPSA) is 42.1 Å². The van der Waals surface area contributed by atoms with Gasteiger partial charge < -0.3 is 10.6 Å². The Morgan fingerprint density at radius 2 is 2.20 bits per heavy atom. The third-order valence-corrected chi connectivity index (χ3v) is 3.09. The molecule has 1 heterocycles. The summed E-state index contributed by atoms with van der Waals surface area (Å²) in [5.74, 6) is 0.943. The molecule has 5 heteroatoms. The van der Waals surface area contributed by atoms with Crippen molar-refractivity contribution in [2.24, 2.45) is 5.73 Å². The summed E-state index contributed by atoms with van der Waals surface area (Å²) in [6, 6.07) is 2.21. The standard InChI is InChI=1S/C10H15Br2N3/c1-7(13)3-4-15(2)10-9(12)5-8(11)6-14-10/h5-7H,3-4,13H2,1-2H3. The molecule has 1 atom stereocenters. The molecule has 1 aromatic heterocycles. The lowest BCUT2D eigenvalue weighted by Gasteiger charge is -2.20. The zero-order valence-corrected chi connectivity index (χ0v) is 12.0. The van der Waals surface area contributed by atoms with Gasteiger partial charge in [-0.05, 0) is 51.3 Å². The third kappa shape index (κ3) is 4.09. The first kappa shape index (κ1) is 12.9. The Morgan fingerprint density at radius 3 is 2.73 bits per heavy atom. The lowest BCUT2D eigenvalue weighted by molar-refractivity contribution is 0.656. The second-order valence-electron chi connectivity index (χ2n) is 3.65. The lowest BCUT2D eigenvalue weighted by atomic mass is 10.2. The van der Waals surface area contributed by atoms with E-state index in [4.69, 9.17) is 5.73 Å². The van der Waals surface area contributed by atoms with Crippen molar-refractivity contribution in [3.8, 4) is 0 Å². The second-order valence-corrected chi connectivity index (χ2v) is 5.42. The van der Waals surface area contributed by atoms with E-state index in [9.17, 15) is 0 Å². The molecule has 84 valence electrons. The van der Waals surface area contributed by atoms with Gasteiger partial charge in [0.25, 0.3) is 0 Å². The zero-order chi connectivity index (χ0) is 11.4. The lowest BCUT2D eigenvalue weighted by Crippen LogP contribution is -2.26. The highest BCUT2D eigenvalue weighted by atomic mass is 79.9. The molecule has 0 bridgehead atoms. The van der Waals surface area contributed by atoms with E-state index >= 15 is 0 Å². The van der Waals surface area contributed by atoms with Crippen LogP contribution in [0.2, 0.25) is 0 Å². The quantitative estimate of drug-likeness (QED) is 0.919. The molecule has 0 fully saturated rings. The van der Waals surface area contributed by atoms with Gasteiger partial charge in [0.15, 0.2) is 0 Å². The molecule has 0 amide bonds. The van der Waals surface area contributed by atoms with Crippen molar-refractivity contribution in [3.63, 3.8) is 0 Å². The maximum absolute atomic E-state index is 5.71. The number of hydrogen-bond donors (Lipinski definition) is 1. The number of nitrogens with zero attached hydrogens (tertiary/aromatic N) is 2. The molecule has 0 aromatic carbocycles. The van der Waals surface area contributed by atoms with E-state index in [1.165, 1.54) is 0 Å². The van der Waals surface area contributed by atoms with E-state index in [1.54, 1.807) is 6.20 Å². The van der Waals surface area contributed by atoms with Crippen LogP contribution < -0.4 is 10.6 Å². The van der Waals surface area contributed by atoms with Crippen LogP contribution in [0.25, 0.3) is 0 Å². The summed E-state index contributed by atoms with van der Waals surface area (Å²) in [6.45, 7) is 2.92. The van der Waals surface area contributed by atoms with Crippen molar-refractivity contribution in [3.05, 3.63) is 21.2 Å². The first-order valence-corrected chi connectivity index (χ1v) is 6.37. The second kappa shape index (κ2) is 5.82. The predicted octanol–water partition coefficient (Wildman–Crippen LogP) is 2.78. The van der Waals surface area contributed by atoms with Crippen molar-refractivity contribution in [1.29, 1.82) is 0 Å². The fraction of sp³-hybridized carbons (Fsp3) is 0.500. The number of halogens is 2. The monoisotopic (exact) mass is 335 g/mol. The van der Waals surface area contributed by atoms with Gasteiger partial charge in [-0.2, -0.15) is 0 Å². The molecular weight excluding hydrogens is 322 g/mol. The van der Waals surface area contributed by atoms with Crippen LogP contribution in [0.5, 0.6) is 0 Å². The fourth-order valence-corrected chi connectivity index (χ4v) is 2.48. The number of hydrogen-bond acceptors (Lipinski definition) is 3. The van der Waals surface area contributed by atoms with Crippen LogP contribution in [0, 0.1) is 0 Å². The van der Waals surface area contributed by atoms with Crippen molar-refractivity contribution < 1.29 is 0 Å². The van der Waals surface area contributed by atoms with Gasteiger partial charge in [0, 0.05) is 30.3 Å².